The molecule has 0 saturated carbocycles. The van der Waals surface area contributed by atoms with Crippen LogP contribution in [0.4, 0.5) is 4.39 Å². The smallest absolute Gasteiger partial charge is 0.242 e. The molecule has 4 nitrogen and oxygen atoms in total. The normalized spacial score (nSPS) is 11.6. The third kappa shape index (κ3) is 6.84. The van der Waals surface area contributed by atoms with Gasteiger partial charge in [-0.1, -0.05) is 54.1 Å². The van der Waals surface area contributed by atoms with Gasteiger partial charge < -0.3 is 10.2 Å². The molecule has 0 heterocycles. The van der Waals surface area contributed by atoms with E-state index in [1.807, 2.05) is 42.5 Å². The fourth-order valence-corrected chi connectivity index (χ4v) is 4.18. The maximum Gasteiger partial charge on any atom is 0.242 e. The van der Waals surface area contributed by atoms with Gasteiger partial charge in [0.1, 0.15) is 11.9 Å². The summed E-state index contributed by atoms with van der Waals surface area (Å²) in [6.45, 7) is 0.200. The Bertz CT molecular complexity index is 1030. The van der Waals surface area contributed by atoms with Crippen molar-refractivity contribution in [2.24, 2.45) is 0 Å². The van der Waals surface area contributed by atoms with E-state index in [-0.39, 0.29) is 29.9 Å². The van der Waals surface area contributed by atoms with Crippen LogP contribution in [-0.4, -0.2) is 35.6 Å². The third-order valence-electron chi connectivity index (χ3n) is 4.96. The monoisotopic (exact) mass is 470 g/mol. The molecule has 0 aromatic heterocycles. The van der Waals surface area contributed by atoms with Crippen molar-refractivity contribution >= 4 is 35.2 Å². The topological polar surface area (TPSA) is 49.4 Å². The van der Waals surface area contributed by atoms with Crippen molar-refractivity contribution in [2.45, 2.75) is 23.9 Å². The largest absolute Gasteiger partial charge is 0.357 e. The number of likely N-dealkylation sites (N-methyl/N-ethyl adjacent to an activating group) is 1. The summed E-state index contributed by atoms with van der Waals surface area (Å²) in [4.78, 5) is 28.6. The molecule has 0 bridgehead atoms. The Kier molecular flexibility index (Phi) is 8.71. The number of hydrogen-bond donors (Lipinski definition) is 1. The number of carbonyl (C=O) groups excluding carboxylic acids is 2. The molecule has 0 saturated heterocycles. The lowest BCUT2D eigenvalue weighted by Crippen LogP contribution is -2.50. The van der Waals surface area contributed by atoms with Crippen LogP contribution in [0.3, 0.4) is 0 Å². The molecule has 2 amide bonds. The fraction of sp³-hybridized carbons (Fsp3) is 0.200. The van der Waals surface area contributed by atoms with Gasteiger partial charge in [0.25, 0.3) is 0 Å². The minimum absolute atomic E-state index is 0.158. The molecule has 7 heteroatoms. The number of halogens is 2. The zero-order valence-electron chi connectivity index (χ0n) is 17.6. The highest BCUT2D eigenvalue weighted by atomic mass is 35.5. The van der Waals surface area contributed by atoms with Gasteiger partial charge in [0.15, 0.2) is 0 Å². The molecule has 0 aliphatic rings. The fourth-order valence-electron chi connectivity index (χ4n) is 3.27. The Balaban J connectivity index is 1.85. The second-order valence-corrected chi connectivity index (χ2v) is 8.70. The lowest BCUT2D eigenvalue weighted by molar-refractivity contribution is -0.139. The van der Waals surface area contributed by atoms with Crippen molar-refractivity contribution in [3.63, 3.8) is 0 Å². The van der Waals surface area contributed by atoms with Crippen LogP contribution in [0.2, 0.25) is 5.02 Å². The van der Waals surface area contributed by atoms with Gasteiger partial charge in [-0.15, -0.1) is 11.8 Å². The summed E-state index contributed by atoms with van der Waals surface area (Å²) in [6, 6.07) is 22.1. The second-order valence-electron chi connectivity index (χ2n) is 7.21. The van der Waals surface area contributed by atoms with Gasteiger partial charge in [-0.3, -0.25) is 9.59 Å². The van der Waals surface area contributed by atoms with Crippen molar-refractivity contribution in [1.82, 2.24) is 10.2 Å². The third-order valence-corrected chi connectivity index (χ3v) is 6.21. The van der Waals surface area contributed by atoms with Crippen LogP contribution in [0.1, 0.15) is 11.1 Å². The predicted molar refractivity (Wildman–Crippen MR) is 127 cm³/mol. The molecule has 0 aliphatic carbocycles. The second kappa shape index (κ2) is 11.7. The Morgan fingerprint density at radius 2 is 1.62 bits per heavy atom. The number of rotatable bonds is 9. The lowest BCUT2D eigenvalue weighted by Gasteiger charge is -2.31. The summed E-state index contributed by atoms with van der Waals surface area (Å²) in [5, 5.41) is 3.31. The Morgan fingerprint density at radius 1 is 0.969 bits per heavy atom. The van der Waals surface area contributed by atoms with Crippen molar-refractivity contribution in [3.05, 3.63) is 101 Å². The number of amides is 2. The van der Waals surface area contributed by atoms with Crippen molar-refractivity contribution in [1.29, 1.82) is 0 Å². The molecule has 32 heavy (non-hydrogen) atoms. The minimum atomic E-state index is -0.703. The average Bonchev–Trinajstić information content (AvgIpc) is 2.82. The summed E-state index contributed by atoms with van der Waals surface area (Å²) in [6.07, 6.45) is 0.374. The summed E-state index contributed by atoms with van der Waals surface area (Å²) in [5.41, 5.74) is 1.70. The highest BCUT2D eigenvalue weighted by molar-refractivity contribution is 8.00. The van der Waals surface area contributed by atoms with Crippen LogP contribution in [-0.2, 0) is 22.6 Å². The first-order chi connectivity index (χ1) is 15.5. The highest BCUT2D eigenvalue weighted by Crippen LogP contribution is 2.22. The van der Waals surface area contributed by atoms with E-state index in [4.69, 9.17) is 11.6 Å². The SMILES string of the molecule is CNC(=O)[C@H](Cc1ccccc1)N(Cc1ccc(F)cc1)C(=O)CSc1ccc(Cl)cc1. The number of nitrogens with zero attached hydrogens (tertiary/aromatic N) is 1. The van der Waals surface area contributed by atoms with Gasteiger partial charge in [-0.05, 0) is 47.5 Å². The highest BCUT2D eigenvalue weighted by Gasteiger charge is 2.29. The quantitative estimate of drug-likeness (QED) is 0.450. The van der Waals surface area contributed by atoms with E-state index in [9.17, 15) is 14.0 Å². The van der Waals surface area contributed by atoms with Gasteiger partial charge in [0, 0.05) is 29.9 Å². The number of carbonyl (C=O) groups is 2. The van der Waals surface area contributed by atoms with E-state index >= 15 is 0 Å². The number of nitrogens with one attached hydrogen (secondary N) is 1. The number of thioether (sulfide) groups is 1. The Hall–Kier alpha value is -2.83. The first-order valence-electron chi connectivity index (χ1n) is 10.1. The maximum absolute atomic E-state index is 13.4. The Morgan fingerprint density at radius 3 is 2.25 bits per heavy atom. The van der Waals surface area contributed by atoms with Gasteiger partial charge >= 0.3 is 0 Å². The molecule has 0 spiro atoms. The lowest BCUT2D eigenvalue weighted by atomic mass is 10.0. The zero-order valence-corrected chi connectivity index (χ0v) is 19.2. The molecular weight excluding hydrogens is 447 g/mol. The zero-order chi connectivity index (χ0) is 22.9. The first-order valence-corrected chi connectivity index (χ1v) is 11.5. The van der Waals surface area contributed by atoms with Crippen LogP contribution >= 0.6 is 23.4 Å². The molecule has 0 fully saturated rings. The van der Waals surface area contributed by atoms with Crippen molar-refractivity contribution < 1.29 is 14.0 Å². The molecule has 166 valence electrons. The summed E-state index contributed by atoms with van der Waals surface area (Å²) < 4.78 is 13.4. The molecule has 1 atom stereocenters. The molecule has 0 radical (unpaired) electrons. The van der Waals surface area contributed by atoms with Crippen LogP contribution < -0.4 is 5.32 Å². The summed E-state index contributed by atoms with van der Waals surface area (Å²) in [5.74, 6) is -0.623. The minimum Gasteiger partial charge on any atom is -0.357 e. The molecule has 3 aromatic carbocycles. The molecule has 0 unspecified atom stereocenters. The average molecular weight is 471 g/mol. The number of benzene rings is 3. The van der Waals surface area contributed by atoms with E-state index in [2.05, 4.69) is 5.32 Å². The van der Waals surface area contributed by atoms with Gasteiger partial charge in [0.05, 0.1) is 5.75 Å². The molecule has 0 aliphatic heterocycles. The van der Waals surface area contributed by atoms with Crippen molar-refractivity contribution in [3.8, 4) is 0 Å². The number of hydrogen-bond acceptors (Lipinski definition) is 3. The van der Waals surface area contributed by atoms with Crippen LogP contribution in [0.5, 0.6) is 0 Å². The van der Waals surface area contributed by atoms with Crippen LogP contribution in [0.15, 0.2) is 83.8 Å². The van der Waals surface area contributed by atoms with E-state index in [0.717, 1.165) is 16.0 Å². The summed E-state index contributed by atoms with van der Waals surface area (Å²) in [7, 11) is 1.56. The van der Waals surface area contributed by atoms with E-state index in [0.29, 0.717) is 11.4 Å². The van der Waals surface area contributed by atoms with Gasteiger partial charge in [-0.2, -0.15) is 0 Å². The first kappa shape index (κ1) is 23.8. The standard InChI is InChI=1S/C25H24ClFN2O2S/c1-28-25(31)23(15-18-5-3-2-4-6-18)29(16-19-7-11-21(27)12-8-19)24(30)17-32-22-13-9-20(26)10-14-22/h2-14,23H,15-17H2,1H3,(H,28,31)/t23-/m0/s1. The predicted octanol–water partition coefficient (Wildman–Crippen LogP) is 4.96. The molecule has 3 aromatic rings. The molecule has 3 rings (SSSR count). The molecule has 1 N–H and O–H groups in total. The van der Waals surface area contributed by atoms with Crippen LogP contribution in [0, 0.1) is 5.82 Å². The summed E-state index contributed by atoms with van der Waals surface area (Å²) >= 11 is 7.32. The van der Waals surface area contributed by atoms with Crippen molar-refractivity contribution in [2.75, 3.05) is 12.8 Å². The Labute approximate surface area is 196 Å². The maximum atomic E-state index is 13.4. The van der Waals surface area contributed by atoms with Gasteiger partial charge in [0.2, 0.25) is 11.8 Å². The van der Waals surface area contributed by atoms with E-state index < -0.39 is 6.04 Å². The van der Waals surface area contributed by atoms with E-state index in [1.165, 1.54) is 23.9 Å². The van der Waals surface area contributed by atoms with Gasteiger partial charge in [-0.25, -0.2) is 4.39 Å². The van der Waals surface area contributed by atoms with Crippen LogP contribution in [0.25, 0.3) is 0 Å². The molecular formula is C25H24ClFN2O2S. The van der Waals surface area contributed by atoms with E-state index in [1.54, 1.807) is 36.2 Å².